The SMILES string of the molecule is COP(=O)(O)OCC1OC(N/C=C(/C)C(N)=O)CC1O. The van der Waals surface area contributed by atoms with Gasteiger partial charge in [-0.3, -0.25) is 13.8 Å². The average molecular weight is 310 g/mol. The number of ether oxygens (including phenoxy) is 1. The molecule has 1 fully saturated rings. The van der Waals surface area contributed by atoms with E-state index >= 15 is 0 Å². The van der Waals surface area contributed by atoms with E-state index in [0.717, 1.165) is 7.11 Å². The van der Waals surface area contributed by atoms with Crippen molar-refractivity contribution in [1.82, 2.24) is 5.32 Å². The highest BCUT2D eigenvalue weighted by atomic mass is 31.2. The lowest BCUT2D eigenvalue weighted by molar-refractivity contribution is -0.114. The van der Waals surface area contributed by atoms with Crippen molar-refractivity contribution < 1.29 is 33.1 Å². The Morgan fingerprint density at radius 1 is 1.65 bits per heavy atom. The van der Waals surface area contributed by atoms with Crippen molar-refractivity contribution >= 4 is 13.7 Å². The first-order valence-electron chi connectivity index (χ1n) is 5.84. The van der Waals surface area contributed by atoms with Gasteiger partial charge in [0.15, 0.2) is 0 Å². The molecule has 0 bridgehead atoms. The van der Waals surface area contributed by atoms with Gasteiger partial charge in [-0.2, -0.15) is 0 Å². The van der Waals surface area contributed by atoms with Crippen molar-refractivity contribution in [3.63, 3.8) is 0 Å². The van der Waals surface area contributed by atoms with Crippen molar-refractivity contribution in [2.24, 2.45) is 5.73 Å². The summed E-state index contributed by atoms with van der Waals surface area (Å²) in [5, 5.41) is 12.5. The second-order valence-corrected chi connectivity index (χ2v) is 5.83. The maximum atomic E-state index is 11.1. The molecule has 1 saturated heterocycles. The zero-order chi connectivity index (χ0) is 15.3. The first-order chi connectivity index (χ1) is 9.25. The molecule has 0 aromatic rings. The fraction of sp³-hybridized carbons (Fsp3) is 0.700. The number of phosphoric ester groups is 1. The lowest BCUT2D eigenvalue weighted by Crippen LogP contribution is -2.28. The summed E-state index contributed by atoms with van der Waals surface area (Å²) in [6.07, 6.45) is -0.570. The van der Waals surface area contributed by atoms with Crippen LogP contribution in [0.3, 0.4) is 0 Å². The van der Waals surface area contributed by atoms with E-state index in [0.29, 0.717) is 5.57 Å². The predicted molar refractivity (Wildman–Crippen MR) is 68.2 cm³/mol. The number of nitrogens with one attached hydrogen (secondary N) is 1. The molecule has 0 aromatic heterocycles. The van der Waals surface area contributed by atoms with E-state index in [1.165, 1.54) is 13.1 Å². The van der Waals surface area contributed by atoms with Gasteiger partial charge in [0.2, 0.25) is 5.91 Å². The van der Waals surface area contributed by atoms with Crippen LogP contribution >= 0.6 is 7.82 Å². The van der Waals surface area contributed by atoms with Crippen LogP contribution in [-0.2, 0) is 23.1 Å². The van der Waals surface area contributed by atoms with Crippen molar-refractivity contribution in [3.8, 4) is 0 Å². The molecule has 0 saturated carbocycles. The highest BCUT2D eigenvalue weighted by molar-refractivity contribution is 7.47. The lowest BCUT2D eigenvalue weighted by Gasteiger charge is -2.16. The van der Waals surface area contributed by atoms with Crippen LogP contribution < -0.4 is 11.1 Å². The number of hydrogen-bond donors (Lipinski definition) is 4. The molecule has 4 atom stereocenters. The molecule has 20 heavy (non-hydrogen) atoms. The Morgan fingerprint density at radius 2 is 2.30 bits per heavy atom. The van der Waals surface area contributed by atoms with E-state index in [1.54, 1.807) is 0 Å². The molecule has 0 radical (unpaired) electrons. The Balaban J connectivity index is 2.45. The van der Waals surface area contributed by atoms with Crippen LogP contribution in [0.25, 0.3) is 0 Å². The number of carbonyl (C=O) groups excluding carboxylic acids is 1. The number of carbonyl (C=O) groups is 1. The van der Waals surface area contributed by atoms with Crippen molar-refractivity contribution in [2.75, 3.05) is 13.7 Å². The molecule has 0 spiro atoms. The molecule has 10 heteroatoms. The minimum absolute atomic E-state index is 0.235. The van der Waals surface area contributed by atoms with Crippen LogP contribution in [0.15, 0.2) is 11.8 Å². The van der Waals surface area contributed by atoms with E-state index < -0.39 is 32.2 Å². The Bertz CT molecular complexity index is 428. The zero-order valence-electron chi connectivity index (χ0n) is 11.2. The number of primary amides is 1. The summed E-state index contributed by atoms with van der Waals surface area (Å²) < 4.78 is 25.4. The van der Waals surface area contributed by atoms with Gasteiger partial charge in [-0.05, 0) is 6.92 Å². The number of aliphatic hydroxyl groups excluding tert-OH is 1. The highest BCUT2D eigenvalue weighted by Gasteiger charge is 2.35. The number of hydrogen-bond acceptors (Lipinski definition) is 7. The van der Waals surface area contributed by atoms with Crippen LogP contribution in [0, 0.1) is 0 Å². The summed E-state index contributed by atoms with van der Waals surface area (Å²) in [5.74, 6) is -0.572. The van der Waals surface area contributed by atoms with Gasteiger partial charge in [0, 0.05) is 25.3 Å². The van der Waals surface area contributed by atoms with Gasteiger partial charge in [-0.15, -0.1) is 0 Å². The minimum atomic E-state index is -4.10. The van der Waals surface area contributed by atoms with Gasteiger partial charge in [-0.25, -0.2) is 4.57 Å². The molecule has 0 aromatic carbocycles. The predicted octanol–water partition coefficient (Wildman–Crippen LogP) is -0.796. The largest absolute Gasteiger partial charge is 0.472 e. The van der Waals surface area contributed by atoms with Crippen LogP contribution in [0.4, 0.5) is 0 Å². The van der Waals surface area contributed by atoms with E-state index in [1.807, 2.05) is 0 Å². The monoisotopic (exact) mass is 310 g/mol. The number of nitrogens with two attached hydrogens (primary N) is 1. The first-order valence-corrected chi connectivity index (χ1v) is 7.34. The molecule has 4 unspecified atom stereocenters. The summed E-state index contributed by atoms with van der Waals surface area (Å²) in [5.41, 5.74) is 5.36. The highest BCUT2D eigenvalue weighted by Crippen LogP contribution is 2.42. The number of amides is 1. The van der Waals surface area contributed by atoms with Gasteiger partial charge in [0.25, 0.3) is 0 Å². The van der Waals surface area contributed by atoms with E-state index in [9.17, 15) is 14.5 Å². The molecule has 1 heterocycles. The standard InChI is InChI=1S/C10H19N2O7P/c1-6(10(11)14)4-12-9-3-7(13)8(19-9)5-18-20(15,16)17-2/h4,7-9,12-13H,3,5H2,1-2H3,(H2,11,14)(H,15,16)/b6-4-. The summed E-state index contributed by atoms with van der Waals surface area (Å²) in [4.78, 5) is 19.9. The average Bonchev–Trinajstić information content (AvgIpc) is 2.74. The van der Waals surface area contributed by atoms with Crippen LogP contribution in [0.2, 0.25) is 0 Å². The molecule has 9 nitrogen and oxygen atoms in total. The molecule has 1 aliphatic heterocycles. The molecule has 1 amide bonds. The van der Waals surface area contributed by atoms with Crippen LogP contribution in [-0.4, -0.2) is 48.1 Å². The second kappa shape index (κ2) is 7.16. The fourth-order valence-electron chi connectivity index (χ4n) is 1.50. The van der Waals surface area contributed by atoms with Crippen LogP contribution in [0.1, 0.15) is 13.3 Å². The molecule has 116 valence electrons. The van der Waals surface area contributed by atoms with Crippen LogP contribution in [0.5, 0.6) is 0 Å². The van der Waals surface area contributed by atoms with E-state index in [2.05, 4.69) is 14.4 Å². The maximum Gasteiger partial charge on any atom is 0.472 e. The van der Waals surface area contributed by atoms with Gasteiger partial charge in [0.05, 0.1) is 12.7 Å². The summed E-state index contributed by atoms with van der Waals surface area (Å²) in [7, 11) is -3.06. The number of rotatable bonds is 7. The summed E-state index contributed by atoms with van der Waals surface area (Å²) in [6, 6.07) is 0. The van der Waals surface area contributed by atoms with Crippen molar-refractivity contribution in [1.29, 1.82) is 0 Å². The van der Waals surface area contributed by atoms with E-state index in [-0.39, 0.29) is 13.0 Å². The van der Waals surface area contributed by atoms with Gasteiger partial charge in [-0.1, -0.05) is 0 Å². The maximum absolute atomic E-state index is 11.1. The Kier molecular flexibility index (Phi) is 6.12. The minimum Gasteiger partial charge on any atom is -0.390 e. The van der Waals surface area contributed by atoms with Crippen molar-refractivity contribution in [3.05, 3.63) is 11.8 Å². The first kappa shape index (κ1) is 17.1. The quantitative estimate of drug-likeness (QED) is 0.354. The normalized spacial score (nSPS) is 30.0. The summed E-state index contributed by atoms with van der Waals surface area (Å²) >= 11 is 0. The third-order valence-corrected chi connectivity index (χ3v) is 3.67. The molecular weight excluding hydrogens is 291 g/mol. The molecular formula is C10H19N2O7P. The lowest BCUT2D eigenvalue weighted by atomic mass is 10.2. The zero-order valence-corrected chi connectivity index (χ0v) is 12.1. The third kappa shape index (κ3) is 5.20. The molecule has 1 rings (SSSR count). The fourth-order valence-corrected chi connectivity index (χ4v) is 1.94. The Hall–Kier alpha value is -0.960. The van der Waals surface area contributed by atoms with Gasteiger partial charge in [0.1, 0.15) is 12.3 Å². The Morgan fingerprint density at radius 3 is 2.85 bits per heavy atom. The smallest absolute Gasteiger partial charge is 0.390 e. The Labute approximate surface area is 116 Å². The number of aliphatic hydroxyl groups is 1. The molecule has 5 N–H and O–H groups in total. The van der Waals surface area contributed by atoms with E-state index in [4.69, 9.17) is 15.4 Å². The third-order valence-electron chi connectivity index (χ3n) is 2.73. The molecule has 1 aliphatic rings. The van der Waals surface area contributed by atoms with Gasteiger partial charge < -0.3 is 25.8 Å². The topological polar surface area (TPSA) is 140 Å². The van der Waals surface area contributed by atoms with Crippen molar-refractivity contribution in [2.45, 2.75) is 31.8 Å². The summed E-state index contributed by atoms with van der Waals surface area (Å²) in [6.45, 7) is 1.24. The van der Waals surface area contributed by atoms with Gasteiger partial charge >= 0.3 is 7.82 Å². The number of phosphoric acid groups is 1. The molecule has 0 aliphatic carbocycles. The second-order valence-electron chi connectivity index (χ2n) is 4.27.